The number of hydrogen-bond donors (Lipinski definition) is 1. The van der Waals surface area contributed by atoms with Gasteiger partial charge in [0.05, 0.1) is 19.0 Å². The number of nitrogens with zero attached hydrogens (tertiary/aromatic N) is 2. The SMILES string of the molecule is CC(C)n1cc(OCCCNC2CCCC2)cn1. The minimum Gasteiger partial charge on any atom is -0.490 e. The smallest absolute Gasteiger partial charge is 0.157 e. The standard InChI is InChI=1S/C14H25N3O/c1-12(2)17-11-14(10-16-17)18-9-5-8-15-13-6-3-4-7-13/h10-13,15H,3-9H2,1-2H3. The molecule has 102 valence electrons. The highest BCUT2D eigenvalue weighted by molar-refractivity contribution is 5.11. The average molecular weight is 251 g/mol. The molecule has 0 spiro atoms. The molecule has 1 heterocycles. The van der Waals surface area contributed by atoms with Gasteiger partial charge in [-0.05, 0) is 39.7 Å². The van der Waals surface area contributed by atoms with Crippen LogP contribution in [0.3, 0.4) is 0 Å². The Morgan fingerprint density at radius 1 is 1.44 bits per heavy atom. The van der Waals surface area contributed by atoms with Crippen LogP contribution in [0.25, 0.3) is 0 Å². The van der Waals surface area contributed by atoms with Gasteiger partial charge in [0.25, 0.3) is 0 Å². The van der Waals surface area contributed by atoms with Crippen LogP contribution in [0.15, 0.2) is 12.4 Å². The van der Waals surface area contributed by atoms with Gasteiger partial charge in [0.1, 0.15) is 0 Å². The zero-order valence-corrected chi connectivity index (χ0v) is 11.6. The van der Waals surface area contributed by atoms with Crippen LogP contribution < -0.4 is 10.1 Å². The third-order valence-electron chi connectivity index (χ3n) is 3.48. The van der Waals surface area contributed by atoms with Crippen molar-refractivity contribution in [2.75, 3.05) is 13.2 Å². The number of rotatable bonds is 7. The lowest BCUT2D eigenvalue weighted by atomic mass is 10.2. The van der Waals surface area contributed by atoms with Crippen LogP contribution in [0, 0.1) is 0 Å². The molecular weight excluding hydrogens is 226 g/mol. The first-order valence-corrected chi connectivity index (χ1v) is 7.16. The van der Waals surface area contributed by atoms with Gasteiger partial charge in [-0.2, -0.15) is 5.10 Å². The molecule has 1 aliphatic carbocycles. The maximum absolute atomic E-state index is 5.68. The van der Waals surface area contributed by atoms with Gasteiger partial charge >= 0.3 is 0 Å². The fraction of sp³-hybridized carbons (Fsp3) is 0.786. The van der Waals surface area contributed by atoms with Gasteiger partial charge in [0, 0.05) is 12.1 Å². The van der Waals surface area contributed by atoms with Crippen LogP contribution >= 0.6 is 0 Å². The molecule has 1 aromatic rings. The quantitative estimate of drug-likeness (QED) is 0.757. The zero-order chi connectivity index (χ0) is 12.8. The monoisotopic (exact) mass is 251 g/mol. The summed E-state index contributed by atoms with van der Waals surface area (Å²) in [7, 11) is 0. The maximum atomic E-state index is 5.68. The van der Waals surface area contributed by atoms with Crippen molar-refractivity contribution in [1.29, 1.82) is 0 Å². The molecule has 0 radical (unpaired) electrons. The molecule has 1 aliphatic rings. The zero-order valence-electron chi connectivity index (χ0n) is 11.6. The van der Waals surface area contributed by atoms with E-state index in [1.807, 2.05) is 10.9 Å². The minimum absolute atomic E-state index is 0.395. The second kappa shape index (κ2) is 6.78. The topological polar surface area (TPSA) is 39.1 Å². The Hall–Kier alpha value is -1.03. The summed E-state index contributed by atoms with van der Waals surface area (Å²) in [5.41, 5.74) is 0. The highest BCUT2D eigenvalue weighted by atomic mass is 16.5. The Labute approximate surface area is 110 Å². The summed E-state index contributed by atoms with van der Waals surface area (Å²) in [6, 6.07) is 1.15. The summed E-state index contributed by atoms with van der Waals surface area (Å²) < 4.78 is 7.60. The van der Waals surface area contributed by atoms with Gasteiger partial charge in [-0.3, -0.25) is 4.68 Å². The molecule has 0 aliphatic heterocycles. The van der Waals surface area contributed by atoms with Crippen molar-refractivity contribution in [3.05, 3.63) is 12.4 Å². The Morgan fingerprint density at radius 3 is 2.89 bits per heavy atom. The first-order chi connectivity index (χ1) is 8.75. The molecule has 0 aromatic carbocycles. The average Bonchev–Trinajstić information content (AvgIpc) is 2.98. The Morgan fingerprint density at radius 2 is 2.22 bits per heavy atom. The molecule has 0 atom stereocenters. The number of hydrogen-bond acceptors (Lipinski definition) is 3. The van der Waals surface area contributed by atoms with Crippen molar-refractivity contribution in [2.24, 2.45) is 0 Å². The molecule has 2 rings (SSSR count). The van der Waals surface area contributed by atoms with E-state index in [1.165, 1.54) is 25.7 Å². The molecule has 4 heteroatoms. The predicted octanol–water partition coefficient (Wildman–Crippen LogP) is 2.77. The molecule has 4 nitrogen and oxygen atoms in total. The van der Waals surface area contributed by atoms with E-state index in [9.17, 15) is 0 Å². The first kappa shape index (κ1) is 13.4. The van der Waals surface area contributed by atoms with Crippen LogP contribution in [0.5, 0.6) is 5.75 Å². The molecule has 0 saturated heterocycles. The molecule has 0 amide bonds. The predicted molar refractivity (Wildman–Crippen MR) is 73.0 cm³/mol. The fourth-order valence-corrected chi connectivity index (χ4v) is 2.38. The van der Waals surface area contributed by atoms with Gasteiger partial charge in [0.2, 0.25) is 0 Å². The third-order valence-corrected chi connectivity index (χ3v) is 3.48. The normalized spacial score (nSPS) is 16.6. The second-order valence-electron chi connectivity index (χ2n) is 5.39. The van der Waals surface area contributed by atoms with E-state index in [0.717, 1.165) is 31.4 Å². The molecule has 1 aromatic heterocycles. The lowest BCUT2D eigenvalue weighted by Crippen LogP contribution is -2.27. The van der Waals surface area contributed by atoms with E-state index in [-0.39, 0.29) is 0 Å². The van der Waals surface area contributed by atoms with Crippen LogP contribution in [0.1, 0.15) is 52.0 Å². The van der Waals surface area contributed by atoms with Crippen molar-refractivity contribution in [3.8, 4) is 5.75 Å². The van der Waals surface area contributed by atoms with E-state index in [4.69, 9.17) is 4.74 Å². The van der Waals surface area contributed by atoms with Crippen LogP contribution in [-0.2, 0) is 0 Å². The minimum atomic E-state index is 0.395. The Kier molecular flexibility index (Phi) is 5.05. The third kappa shape index (κ3) is 4.02. The van der Waals surface area contributed by atoms with Gasteiger partial charge in [-0.15, -0.1) is 0 Å². The van der Waals surface area contributed by atoms with Gasteiger partial charge < -0.3 is 10.1 Å². The molecular formula is C14H25N3O. The van der Waals surface area contributed by atoms with Gasteiger partial charge in [-0.1, -0.05) is 12.8 Å². The number of nitrogens with one attached hydrogen (secondary N) is 1. The molecule has 1 saturated carbocycles. The molecule has 0 unspecified atom stereocenters. The number of aromatic nitrogens is 2. The van der Waals surface area contributed by atoms with Crippen LogP contribution in [0.2, 0.25) is 0 Å². The van der Waals surface area contributed by atoms with Gasteiger partial charge in [-0.25, -0.2) is 0 Å². The lowest BCUT2D eigenvalue weighted by Gasteiger charge is -2.11. The molecule has 1 fully saturated rings. The highest BCUT2D eigenvalue weighted by Gasteiger charge is 2.13. The summed E-state index contributed by atoms with van der Waals surface area (Å²) in [6.07, 6.45) is 10.3. The van der Waals surface area contributed by atoms with Crippen molar-refractivity contribution < 1.29 is 4.74 Å². The van der Waals surface area contributed by atoms with E-state index in [0.29, 0.717) is 6.04 Å². The summed E-state index contributed by atoms with van der Waals surface area (Å²) >= 11 is 0. The highest BCUT2D eigenvalue weighted by Crippen LogP contribution is 2.17. The second-order valence-corrected chi connectivity index (χ2v) is 5.39. The van der Waals surface area contributed by atoms with E-state index in [1.54, 1.807) is 6.20 Å². The van der Waals surface area contributed by atoms with Gasteiger partial charge in [0.15, 0.2) is 5.75 Å². The van der Waals surface area contributed by atoms with Crippen molar-refractivity contribution in [3.63, 3.8) is 0 Å². The van der Waals surface area contributed by atoms with E-state index in [2.05, 4.69) is 24.3 Å². The molecule has 18 heavy (non-hydrogen) atoms. The van der Waals surface area contributed by atoms with Crippen molar-refractivity contribution >= 4 is 0 Å². The van der Waals surface area contributed by atoms with E-state index >= 15 is 0 Å². The largest absolute Gasteiger partial charge is 0.490 e. The van der Waals surface area contributed by atoms with Crippen molar-refractivity contribution in [1.82, 2.24) is 15.1 Å². The summed E-state index contributed by atoms with van der Waals surface area (Å²) in [4.78, 5) is 0. The maximum Gasteiger partial charge on any atom is 0.157 e. The lowest BCUT2D eigenvalue weighted by molar-refractivity contribution is 0.304. The van der Waals surface area contributed by atoms with Crippen molar-refractivity contribution in [2.45, 2.75) is 58.0 Å². The Balaban J connectivity index is 1.56. The Bertz CT molecular complexity index is 343. The fourth-order valence-electron chi connectivity index (χ4n) is 2.38. The number of ether oxygens (including phenoxy) is 1. The summed E-state index contributed by atoms with van der Waals surface area (Å²) in [6.45, 7) is 6.05. The molecule has 0 bridgehead atoms. The summed E-state index contributed by atoms with van der Waals surface area (Å²) in [5, 5.41) is 7.84. The van der Waals surface area contributed by atoms with Crippen LogP contribution in [0.4, 0.5) is 0 Å². The van der Waals surface area contributed by atoms with E-state index < -0.39 is 0 Å². The van der Waals surface area contributed by atoms with Crippen LogP contribution in [-0.4, -0.2) is 29.0 Å². The molecule has 1 N–H and O–H groups in total. The first-order valence-electron chi connectivity index (χ1n) is 7.16. The summed E-state index contributed by atoms with van der Waals surface area (Å²) in [5.74, 6) is 0.879.